The van der Waals surface area contributed by atoms with Crippen molar-refractivity contribution in [1.82, 2.24) is 19.5 Å². The summed E-state index contributed by atoms with van der Waals surface area (Å²) < 4.78 is 1.65. The number of imidazole rings is 1. The summed E-state index contributed by atoms with van der Waals surface area (Å²) in [5.41, 5.74) is 5.69. The van der Waals surface area contributed by atoms with Gasteiger partial charge in [0.05, 0.1) is 22.3 Å². The monoisotopic (exact) mass is 378 g/mol. The van der Waals surface area contributed by atoms with Gasteiger partial charge < -0.3 is 4.98 Å². The molecule has 0 aliphatic rings. The first-order valence-corrected chi connectivity index (χ1v) is 9.39. The Hall–Kier alpha value is -3.99. The number of hydrogen-bond donors (Lipinski definition) is 1. The van der Waals surface area contributed by atoms with E-state index in [1.807, 2.05) is 85.9 Å². The van der Waals surface area contributed by atoms with E-state index in [2.05, 4.69) is 15.0 Å². The SMILES string of the molecule is Cc1ccc2nc(-c3cc(-c4ccccn4)cn(-c4ccccc4)c3=O)[nH]c2c1. The third kappa shape index (κ3) is 3.12. The fraction of sp³-hybridized carbons (Fsp3) is 0.0417. The Morgan fingerprint density at radius 3 is 2.55 bits per heavy atom. The van der Waals surface area contributed by atoms with Gasteiger partial charge in [0.25, 0.3) is 5.56 Å². The minimum absolute atomic E-state index is 0.133. The first kappa shape index (κ1) is 17.1. The average Bonchev–Trinajstić information content (AvgIpc) is 3.18. The van der Waals surface area contributed by atoms with Crippen LogP contribution >= 0.6 is 0 Å². The number of aromatic nitrogens is 4. The van der Waals surface area contributed by atoms with Gasteiger partial charge in [-0.1, -0.05) is 30.3 Å². The van der Waals surface area contributed by atoms with Gasteiger partial charge in [0.2, 0.25) is 0 Å². The number of aryl methyl sites for hydroxylation is 1. The Balaban J connectivity index is 1.78. The van der Waals surface area contributed by atoms with E-state index in [0.29, 0.717) is 11.4 Å². The van der Waals surface area contributed by atoms with Gasteiger partial charge in [0, 0.05) is 23.6 Å². The number of benzene rings is 2. The molecule has 0 bridgehead atoms. The van der Waals surface area contributed by atoms with Crippen LogP contribution in [0.25, 0.3) is 39.4 Å². The third-order valence-corrected chi connectivity index (χ3v) is 4.90. The molecule has 2 aromatic carbocycles. The number of nitrogens with one attached hydrogen (secondary N) is 1. The largest absolute Gasteiger partial charge is 0.338 e. The fourth-order valence-electron chi connectivity index (χ4n) is 3.46. The van der Waals surface area contributed by atoms with Gasteiger partial charge in [-0.05, 0) is 55.0 Å². The number of pyridine rings is 2. The Labute approximate surface area is 167 Å². The van der Waals surface area contributed by atoms with Crippen LogP contribution in [0.4, 0.5) is 0 Å². The molecule has 0 aliphatic carbocycles. The highest BCUT2D eigenvalue weighted by atomic mass is 16.1. The van der Waals surface area contributed by atoms with Crippen molar-refractivity contribution in [3.8, 4) is 28.3 Å². The molecule has 140 valence electrons. The molecule has 3 heterocycles. The van der Waals surface area contributed by atoms with Gasteiger partial charge in [-0.25, -0.2) is 4.98 Å². The molecule has 0 amide bonds. The maximum absolute atomic E-state index is 13.4. The predicted octanol–water partition coefficient (Wildman–Crippen LogP) is 4.75. The Bertz CT molecular complexity index is 1370. The van der Waals surface area contributed by atoms with Crippen LogP contribution in [0.1, 0.15) is 5.56 Å². The lowest BCUT2D eigenvalue weighted by molar-refractivity contribution is 0.989. The van der Waals surface area contributed by atoms with Gasteiger partial charge in [0.15, 0.2) is 0 Å². The zero-order valence-electron chi connectivity index (χ0n) is 15.8. The Morgan fingerprint density at radius 2 is 1.76 bits per heavy atom. The van der Waals surface area contributed by atoms with Crippen molar-refractivity contribution in [3.63, 3.8) is 0 Å². The van der Waals surface area contributed by atoms with Crippen LogP contribution in [-0.4, -0.2) is 19.5 Å². The predicted molar refractivity (Wildman–Crippen MR) is 115 cm³/mol. The second kappa shape index (κ2) is 6.87. The van der Waals surface area contributed by atoms with E-state index in [1.165, 1.54) is 0 Å². The van der Waals surface area contributed by atoms with Crippen molar-refractivity contribution >= 4 is 11.0 Å². The molecule has 0 unspecified atom stereocenters. The number of para-hydroxylation sites is 1. The molecule has 0 spiro atoms. The second-order valence-electron chi connectivity index (χ2n) is 6.97. The zero-order valence-corrected chi connectivity index (χ0v) is 15.8. The van der Waals surface area contributed by atoms with Crippen LogP contribution in [0.2, 0.25) is 0 Å². The lowest BCUT2D eigenvalue weighted by Crippen LogP contribution is -2.20. The molecule has 1 N–H and O–H groups in total. The molecule has 0 saturated heterocycles. The summed E-state index contributed by atoms with van der Waals surface area (Å²) in [5.74, 6) is 0.554. The average molecular weight is 378 g/mol. The highest BCUT2D eigenvalue weighted by Crippen LogP contribution is 2.24. The molecular weight excluding hydrogens is 360 g/mol. The molecule has 5 nitrogen and oxygen atoms in total. The zero-order chi connectivity index (χ0) is 19.8. The molecule has 0 radical (unpaired) electrons. The van der Waals surface area contributed by atoms with Gasteiger partial charge in [0.1, 0.15) is 5.82 Å². The van der Waals surface area contributed by atoms with Gasteiger partial charge in [-0.15, -0.1) is 0 Å². The van der Waals surface area contributed by atoms with Crippen molar-refractivity contribution in [2.24, 2.45) is 0 Å². The summed E-state index contributed by atoms with van der Waals surface area (Å²) in [6, 6.07) is 23.2. The van der Waals surface area contributed by atoms with Crippen molar-refractivity contribution in [2.45, 2.75) is 6.92 Å². The van der Waals surface area contributed by atoms with E-state index in [0.717, 1.165) is 33.5 Å². The van der Waals surface area contributed by atoms with Crippen LogP contribution in [0.3, 0.4) is 0 Å². The molecule has 5 rings (SSSR count). The smallest absolute Gasteiger partial charge is 0.266 e. The van der Waals surface area contributed by atoms with Crippen molar-refractivity contribution < 1.29 is 0 Å². The molecular formula is C24H18N4O. The number of hydrogen-bond acceptors (Lipinski definition) is 3. The fourth-order valence-corrected chi connectivity index (χ4v) is 3.46. The second-order valence-corrected chi connectivity index (χ2v) is 6.97. The van der Waals surface area contributed by atoms with E-state index in [9.17, 15) is 4.79 Å². The van der Waals surface area contributed by atoms with E-state index in [1.54, 1.807) is 10.8 Å². The summed E-state index contributed by atoms with van der Waals surface area (Å²) in [6.07, 6.45) is 3.58. The highest BCUT2D eigenvalue weighted by molar-refractivity contribution is 5.80. The molecule has 0 aliphatic heterocycles. The summed E-state index contributed by atoms with van der Waals surface area (Å²) in [7, 11) is 0. The van der Waals surface area contributed by atoms with E-state index in [4.69, 9.17) is 0 Å². The van der Waals surface area contributed by atoms with E-state index >= 15 is 0 Å². The number of aromatic amines is 1. The molecule has 29 heavy (non-hydrogen) atoms. The lowest BCUT2D eigenvalue weighted by Gasteiger charge is -2.11. The molecule has 0 atom stereocenters. The Morgan fingerprint density at radius 1 is 0.931 bits per heavy atom. The number of nitrogens with zero attached hydrogens (tertiary/aromatic N) is 3. The lowest BCUT2D eigenvalue weighted by atomic mass is 10.1. The van der Waals surface area contributed by atoms with Crippen LogP contribution in [-0.2, 0) is 0 Å². The Kier molecular flexibility index (Phi) is 4.06. The molecule has 0 saturated carbocycles. The molecule has 0 fully saturated rings. The molecule has 5 heteroatoms. The molecule has 5 aromatic rings. The van der Waals surface area contributed by atoms with Crippen molar-refractivity contribution in [1.29, 1.82) is 0 Å². The van der Waals surface area contributed by atoms with E-state index < -0.39 is 0 Å². The van der Waals surface area contributed by atoms with E-state index in [-0.39, 0.29) is 5.56 Å². The van der Waals surface area contributed by atoms with Crippen LogP contribution in [0, 0.1) is 6.92 Å². The van der Waals surface area contributed by atoms with Gasteiger partial charge in [-0.2, -0.15) is 0 Å². The minimum atomic E-state index is -0.133. The molecule has 3 aromatic heterocycles. The minimum Gasteiger partial charge on any atom is -0.338 e. The summed E-state index contributed by atoms with van der Waals surface area (Å²) in [5, 5.41) is 0. The summed E-state index contributed by atoms with van der Waals surface area (Å²) >= 11 is 0. The third-order valence-electron chi connectivity index (χ3n) is 4.90. The first-order valence-electron chi connectivity index (χ1n) is 9.39. The number of H-pyrrole nitrogens is 1. The number of rotatable bonds is 3. The van der Waals surface area contributed by atoms with Gasteiger partial charge >= 0.3 is 0 Å². The van der Waals surface area contributed by atoms with Crippen molar-refractivity contribution in [3.05, 3.63) is 101 Å². The topological polar surface area (TPSA) is 63.6 Å². The summed E-state index contributed by atoms with van der Waals surface area (Å²) in [4.78, 5) is 25.8. The summed E-state index contributed by atoms with van der Waals surface area (Å²) in [6.45, 7) is 2.03. The maximum Gasteiger partial charge on any atom is 0.266 e. The first-order chi connectivity index (χ1) is 14.2. The normalized spacial score (nSPS) is 11.1. The van der Waals surface area contributed by atoms with Crippen LogP contribution in [0.5, 0.6) is 0 Å². The standard InChI is InChI=1S/C24H18N4O/c1-16-10-11-21-22(13-16)27-23(26-21)19-14-17(20-9-5-6-12-25-20)15-28(24(19)29)18-7-3-2-4-8-18/h2-15H,1H3,(H,26,27). The van der Waals surface area contributed by atoms with Crippen molar-refractivity contribution in [2.75, 3.05) is 0 Å². The highest BCUT2D eigenvalue weighted by Gasteiger charge is 2.15. The quantitative estimate of drug-likeness (QED) is 0.493. The maximum atomic E-state index is 13.4. The number of fused-ring (bicyclic) bond motifs is 1. The van der Waals surface area contributed by atoms with Gasteiger partial charge in [-0.3, -0.25) is 14.3 Å². The van der Waals surface area contributed by atoms with Crippen LogP contribution in [0.15, 0.2) is 90.0 Å². The van der Waals surface area contributed by atoms with Crippen LogP contribution < -0.4 is 5.56 Å².